The van der Waals surface area contributed by atoms with Crippen LogP contribution in [0.15, 0.2) is 23.4 Å². The maximum atomic E-state index is 13.2. The molecule has 30 heavy (non-hydrogen) atoms. The van der Waals surface area contributed by atoms with E-state index in [9.17, 15) is 22.8 Å². The summed E-state index contributed by atoms with van der Waals surface area (Å²) in [5, 5.41) is 6.83. The molecule has 1 heterocycles. The van der Waals surface area contributed by atoms with E-state index >= 15 is 0 Å². The van der Waals surface area contributed by atoms with E-state index in [0.29, 0.717) is 18.6 Å². The number of nitrogens with one attached hydrogen (secondary N) is 1. The highest BCUT2D eigenvalue weighted by Gasteiger charge is 2.33. The second-order valence-corrected chi connectivity index (χ2v) is 8.03. The largest absolute Gasteiger partial charge is 0.465 e. The number of ether oxygens (including phenoxy) is 1. The molecule has 6 nitrogen and oxygen atoms in total. The van der Waals surface area contributed by atoms with Crippen LogP contribution in [-0.4, -0.2) is 37.8 Å². The molecule has 9 heteroatoms. The molecule has 1 unspecified atom stereocenters. The molecule has 0 saturated carbocycles. The van der Waals surface area contributed by atoms with E-state index < -0.39 is 34.9 Å². The first-order valence-corrected chi connectivity index (χ1v) is 9.71. The Kier molecular flexibility index (Phi) is 7.49. The van der Waals surface area contributed by atoms with E-state index in [2.05, 4.69) is 10.5 Å². The summed E-state index contributed by atoms with van der Waals surface area (Å²) in [6.45, 7) is 5.68. The van der Waals surface area contributed by atoms with Gasteiger partial charge in [-0.05, 0) is 43.0 Å². The van der Waals surface area contributed by atoms with Crippen molar-refractivity contribution in [1.82, 2.24) is 5.32 Å². The fourth-order valence-corrected chi connectivity index (χ4v) is 3.24. The number of hydrogen-bond acceptors (Lipinski definition) is 5. The van der Waals surface area contributed by atoms with Gasteiger partial charge in [-0.15, -0.1) is 0 Å². The zero-order valence-corrected chi connectivity index (χ0v) is 17.6. The summed E-state index contributed by atoms with van der Waals surface area (Å²) in [6, 6.07) is 2.94. The molecule has 0 aromatic heterocycles. The Morgan fingerprint density at radius 2 is 1.97 bits per heavy atom. The zero-order valence-electron chi connectivity index (χ0n) is 17.6. The van der Waals surface area contributed by atoms with Crippen LogP contribution in [0.1, 0.15) is 55.1 Å². The number of carbonyl (C=O) groups is 2. The van der Waals surface area contributed by atoms with Gasteiger partial charge in [-0.25, -0.2) is 0 Å². The van der Waals surface area contributed by atoms with Crippen molar-refractivity contribution < 1.29 is 32.3 Å². The van der Waals surface area contributed by atoms with E-state index in [0.717, 1.165) is 18.2 Å². The van der Waals surface area contributed by atoms with Crippen LogP contribution in [-0.2, 0) is 27.0 Å². The van der Waals surface area contributed by atoms with Gasteiger partial charge >= 0.3 is 12.1 Å². The van der Waals surface area contributed by atoms with Gasteiger partial charge in [-0.1, -0.05) is 25.9 Å². The van der Waals surface area contributed by atoms with E-state index in [1.165, 1.54) is 7.11 Å². The van der Waals surface area contributed by atoms with E-state index in [4.69, 9.17) is 9.57 Å². The molecular weight excluding hydrogens is 401 g/mol. The van der Waals surface area contributed by atoms with E-state index in [1.54, 1.807) is 6.92 Å². The first-order chi connectivity index (χ1) is 14.0. The molecular formula is C21H27F3N2O4. The molecule has 0 bridgehead atoms. The predicted molar refractivity (Wildman–Crippen MR) is 105 cm³/mol. The lowest BCUT2D eigenvalue weighted by Gasteiger charge is -2.27. The lowest BCUT2D eigenvalue weighted by Crippen LogP contribution is -2.40. The molecule has 1 aromatic rings. The van der Waals surface area contributed by atoms with Gasteiger partial charge in [0.2, 0.25) is 0 Å². The maximum absolute atomic E-state index is 13.2. The number of esters is 1. The molecule has 1 aliphatic rings. The highest BCUT2D eigenvalue weighted by molar-refractivity contribution is 5.97. The Balaban J connectivity index is 2.44. The predicted octanol–water partition coefficient (Wildman–Crippen LogP) is 3.98. The van der Waals surface area contributed by atoms with Gasteiger partial charge in [0.1, 0.15) is 7.11 Å². The molecule has 1 aliphatic heterocycles. The number of carbonyl (C=O) groups excluding carboxylic acids is 2. The van der Waals surface area contributed by atoms with Gasteiger partial charge in [0.25, 0.3) is 5.91 Å². The molecule has 2 rings (SSSR count). The molecule has 1 atom stereocenters. The Morgan fingerprint density at radius 3 is 2.60 bits per heavy atom. The summed E-state index contributed by atoms with van der Waals surface area (Å²) in [5.74, 6) is -1.74. The smallest absolute Gasteiger partial charge is 0.416 e. The number of cyclic esters (lactones) is 1. The number of hydrogen-bond donors (Lipinski definition) is 1. The number of halogens is 3. The lowest BCUT2D eigenvalue weighted by molar-refractivity contribution is -0.148. The Labute approximate surface area is 173 Å². The second-order valence-electron chi connectivity index (χ2n) is 8.03. The van der Waals surface area contributed by atoms with Crippen molar-refractivity contribution in [3.8, 4) is 0 Å². The third kappa shape index (κ3) is 5.96. The van der Waals surface area contributed by atoms with Crippen LogP contribution in [0.3, 0.4) is 0 Å². The van der Waals surface area contributed by atoms with Crippen LogP contribution in [0, 0.1) is 11.3 Å². The van der Waals surface area contributed by atoms with Crippen molar-refractivity contribution in [3.63, 3.8) is 0 Å². The average molecular weight is 428 g/mol. The van der Waals surface area contributed by atoms with Crippen molar-refractivity contribution >= 4 is 17.6 Å². The average Bonchev–Trinajstić information content (AvgIpc) is 2.66. The molecule has 0 aliphatic carbocycles. The summed E-state index contributed by atoms with van der Waals surface area (Å²) in [4.78, 5) is 30.0. The van der Waals surface area contributed by atoms with Crippen molar-refractivity contribution in [2.24, 2.45) is 16.5 Å². The number of fused-ring (bicyclic) bond motifs is 1. The summed E-state index contributed by atoms with van der Waals surface area (Å²) >= 11 is 0. The van der Waals surface area contributed by atoms with Crippen LogP contribution < -0.4 is 5.32 Å². The highest BCUT2D eigenvalue weighted by atomic mass is 19.4. The Hall–Kier alpha value is -2.58. The number of rotatable bonds is 1. The number of benzene rings is 1. The molecule has 1 amide bonds. The SMILES string of the molecule is CO/N=C1\CCCOC(=O)C(C)Cc2cc(C(F)(F)F)ccc2C(=O)NCC1(C)C. The minimum Gasteiger partial charge on any atom is -0.465 e. The molecule has 1 aromatic carbocycles. The Morgan fingerprint density at radius 1 is 1.27 bits per heavy atom. The first-order valence-electron chi connectivity index (χ1n) is 9.71. The second kappa shape index (κ2) is 9.49. The van der Waals surface area contributed by atoms with Crippen LogP contribution in [0.2, 0.25) is 0 Å². The van der Waals surface area contributed by atoms with Crippen molar-refractivity contribution in [2.75, 3.05) is 20.3 Å². The summed E-state index contributed by atoms with van der Waals surface area (Å²) in [6.07, 6.45) is -3.58. The third-order valence-electron chi connectivity index (χ3n) is 5.08. The lowest BCUT2D eigenvalue weighted by atomic mass is 9.84. The molecule has 166 valence electrons. The molecule has 0 saturated heterocycles. The molecule has 0 spiro atoms. The molecule has 0 fully saturated rings. The molecule has 1 N–H and O–H groups in total. The monoisotopic (exact) mass is 428 g/mol. The van der Waals surface area contributed by atoms with Crippen LogP contribution in [0.4, 0.5) is 13.2 Å². The fraction of sp³-hybridized carbons (Fsp3) is 0.571. The van der Waals surface area contributed by atoms with Gasteiger partial charge < -0.3 is 14.9 Å². The zero-order chi connectivity index (χ0) is 22.5. The standard InChI is InChI=1S/C21H27F3N2O4/c1-13-10-14-11-15(21(22,23)24)7-8-16(14)18(27)25-12-20(2,3)17(26-29-4)6-5-9-30-19(13)28/h7-8,11,13H,5-6,9-10,12H2,1-4H3,(H,25,27)/b26-17+. The number of oxime groups is 1. The van der Waals surface area contributed by atoms with E-state index in [1.807, 2.05) is 13.8 Å². The topological polar surface area (TPSA) is 77.0 Å². The fourth-order valence-electron chi connectivity index (χ4n) is 3.24. The molecule has 0 radical (unpaired) electrons. The number of alkyl halides is 3. The van der Waals surface area contributed by atoms with Crippen LogP contribution >= 0.6 is 0 Å². The van der Waals surface area contributed by atoms with Crippen molar-refractivity contribution in [1.29, 1.82) is 0 Å². The quantitative estimate of drug-likeness (QED) is 0.542. The van der Waals surface area contributed by atoms with Gasteiger partial charge in [0.05, 0.1) is 23.8 Å². The van der Waals surface area contributed by atoms with Crippen molar-refractivity contribution in [2.45, 2.75) is 46.2 Å². The normalized spacial score (nSPS) is 22.5. The van der Waals surface area contributed by atoms with Gasteiger partial charge in [-0.3, -0.25) is 9.59 Å². The number of amides is 1. The highest BCUT2D eigenvalue weighted by Crippen LogP contribution is 2.31. The van der Waals surface area contributed by atoms with Crippen molar-refractivity contribution in [3.05, 3.63) is 34.9 Å². The van der Waals surface area contributed by atoms with Crippen LogP contribution in [0.25, 0.3) is 0 Å². The van der Waals surface area contributed by atoms with E-state index in [-0.39, 0.29) is 30.7 Å². The third-order valence-corrected chi connectivity index (χ3v) is 5.08. The number of nitrogens with zero attached hydrogens (tertiary/aromatic N) is 1. The minimum absolute atomic E-state index is 0.0364. The maximum Gasteiger partial charge on any atom is 0.416 e. The summed E-state index contributed by atoms with van der Waals surface area (Å²) in [5.41, 5.74) is -0.517. The summed E-state index contributed by atoms with van der Waals surface area (Å²) < 4.78 is 44.8. The summed E-state index contributed by atoms with van der Waals surface area (Å²) in [7, 11) is 1.42. The minimum atomic E-state index is -4.55. The Bertz CT molecular complexity index is 819. The van der Waals surface area contributed by atoms with Gasteiger partial charge in [0, 0.05) is 17.5 Å². The van der Waals surface area contributed by atoms with Gasteiger partial charge in [0.15, 0.2) is 0 Å². The van der Waals surface area contributed by atoms with Crippen LogP contribution in [0.5, 0.6) is 0 Å². The van der Waals surface area contributed by atoms with Gasteiger partial charge in [-0.2, -0.15) is 13.2 Å². The first kappa shape index (κ1) is 23.7.